The lowest BCUT2D eigenvalue weighted by molar-refractivity contribution is -0.115. The van der Waals surface area contributed by atoms with E-state index in [0.717, 1.165) is 23.2 Å². The Bertz CT molecular complexity index is 539. The van der Waals surface area contributed by atoms with E-state index in [1.807, 2.05) is 19.1 Å². The standard InChI is InChI=1S/C12H15N3O2.ClH/c1-3-12-15-9-6-8(4-5-10(9)17-12)14-11(16)7-13-2;/h4-6,13H,3,7H2,1-2H3,(H,14,16);1H. The minimum absolute atomic E-state index is 0. The van der Waals surface area contributed by atoms with E-state index in [2.05, 4.69) is 15.6 Å². The maximum absolute atomic E-state index is 11.4. The Morgan fingerprint density at radius 3 is 2.89 bits per heavy atom. The molecule has 1 aromatic heterocycles. The predicted molar refractivity (Wildman–Crippen MR) is 73.2 cm³/mol. The van der Waals surface area contributed by atoms with Gasteiger partial charge in [0.25, 0.3) is 0 Å². The Labute approximate surface area is 111 Å². The second-order valence-electron chi connectivity index (χ2n) is 3.72. The monoisotopic (exact) mass is 269 g/mol. The molecule has 0 spiro atoms. The molecule has 1 amide bonds. The Hall–Kier alpha value is -1.59. The Balaban J connectivity index is 0.00000162. The molecule has 1 aromatic carbocycles. The molecule has 2 N–H and O–H groups in total. The van der Waals surface area contributed by atoms with Crippen molar-refractivity contribution in [2.75, 3.05) is 18.9 Å². The fraction of sp³-hybridized carbons (Fsp3) is 0.333. The maximum atomic E-state index is 11.4. The molecule has 0 unspecified atom stereocenters. The van der Waals surface area contributed by atoms with Gasteiger partial charge in [-0.05, 0) is 25.2 Å². The molecule has 0 aliphatic carbocycles. The van der Waals surface area contributed by atoms with Crippen molar-refractivity contribution in [3.8, 4) is 0 Å². The lowest BCUT2D eigenvalue weighted by Gasteiger charge is -2.03. The zero-order valence-corrected chi connectivity index (χ0v) is 11.1. The van der Waals surface area contributed by atoms with Crippen molar-refractivity contribution in [2.45, 2.75) is 13.3 Å². The number of aromatic nitrogens is 1. The van der Waals surface area contributed by atoms with Crippen LogP contribution in [0.4, 0.5) is 5.69 Å². The van der Waals surface area contributed by atoms with E-state index in [1.54, 1.807) is 13.1 Å². The normalized spacial score (nSPS) is 10.1. The van der Waals surface area contributed by atoms with Crippen LogP contribution >= 0.6 is 12.4 Å². The number of aryl methyl sites for hydroxylation is 1. The smallest absolute Gasteiger partial charge is 0.238 e. The number of likely N-dealkylation sites (N-methyl/N-ethyl adjacent to an activating group) is 1. The van der Waals surface area contributed by atoms with Gasteiger partial charge in [-0.25, -0.2) is 4.98 Å². The highest BCUT2D eigenvalue weighted by molar-refractivity contribution is 5.94. The van der Waals surface area contributed by atoms with Gasteiger partial charge in [0, 0.05) is 12.1 Å². The van der Waals surface area contributed by atoms with Gasteiger partial charge in [0.1, 0.15) is 5.52 Å². The van der Waals surface area contributed by atoms with Crippen molar-refractivity contribution in [2.24, 2.45) is 0 Å². The number of anilines is 1. The first-order valence-electron chi connectivity index (χ1n) is 5.57. The van der Waals surface area contributed by atoms with Crippen LogP contribution < -0.4 is 10.6 Å². The molecule has 1 heterocycles. The molecule has 0 fully saturated rings. The van der Waals surface area contributed by atoms with Crippen molar-refractivity contribution in [1.82, 2.24) is 10.3 Å². The predicted octanol–water partition coefficient (Wildman–Crippen LogP) is 1.97. The first kappa shape index (κ1) is 14.5. The molecule has 2 aromatic rings. The van der Waals surface area contributed by atoms with Crippen molar-refractivity contribution in [1.29, 1.82) is 0 Å². The van der Waals surface area contributed by atoms with Crippen LogP contribution in [0.3, 0.4) is 0 Å². The molecular weight excluding hydrogens is 254 g/mol. The highest BCUT2D eigenvalue weighted by Crippen LogP contribution is 2.20. The summed E-state index contributed by atoms with van der Waals surface area (Å²) in [7, 11) is 1.73. The van der Waals surface area contributed by atoms with E-state index in [-0.39, 0.29) is 24.9 Å². The Kier molecular flexibility index (Phi) is 5.12. The van der Waals surface area contributed by atoms with Gasteiger partial charge >= 0.3 is 0 Å². The number of nitrogens with zero attached hydrogens (tertiary/aromatic N) is 1. The van der Waals surface area contributed by atoms with E-state index in [9.17, 15) is 4.79 Å². The number of fused-ring (bicyclic) bond motifs is 1. The number of amides is 1. The van der Waals surface area contributed by atoms with Gasteiger partial charge in [-0.1, -0.05) is 6.92 Å². The highest BCUT2D eigenvalue weighted by Gasteiger charge is 2.06. The second-order valence-corrected chi connectivity index (χ2v) is 3.72. The van der Waals surface area contributed by atoms with Crippen molar-refractivity contribution in [3.05, 3.63) is 24.1 Å². The van der Waals surface area contributed by atoms with Crippen LogP contribution in [-0.2, 0) is 11.2 Å². The van der Waals surface area contributed by atoms with Gasteiger partial charge in [0.2, 0.25) is 5.91 Å². The number of hydrogen-bond donors (Lipinski definition) is 2. The molecule has 18 heavy (non-hydrogen) atoms. The largest absolute Gasteiger partial charge is 0.441 e. The third-order valence-corrected chi connectivity index (χ3v) is 2.36. The lowest BCUT2D eigenvalue weighted by Crippen LogP contribution is -2.24. The van der Waals surface area contributed by atoms with Crippen LogP contribution in [0.15, 0.2) is 22.6 Å². The summed E-state index contributed by atoms with van der Waals surface area (Å²) in [5.74, 6) is 0.629. The molecular formula is C12H16ClN3O2. The number of carbonyl (C=O) groups is 1. The molecule has 0 atom stereocenters. The van der Waals surface area contributed by atoms with Gasteiger partial charge in [-0.2, -0.15) is 0 Å². The van der Waals surface area contributed by atoms with Crippen LogP contribution in [0.25, 0.3) is 11.1 Å². The Morgan fingerprint density at radius 2 is 2.22 bits per heavy atom. The topological polar surface area (TPSA) is 67.2 Å². The van der Waals surface area contributed by atoms with E-state index in [0.29, 0.717) is 5.89 Å². The molecule has 0 aliphatic rings. The lowest BCUT2D eigenvalue weighted by atomic mass is 10.3. The maximum Gasteiger partial charge on any atom is 0.238 e. The van der Waals surface area contributed by atoms with Gasteiger partial charge in [-0.3, -0.25) is 4.79 Å². The minimum Gasteiger partial charge on any atom is -0.441 e. The number of oxazole rings is 1. The van der Waals surface area contributed by atoms with E-state index < -0.39 is 0 Å². The molecule has 5 nitrogen and oxygen atoms in total. The summed E-state index contributed by atoms with van der Waals surface area (Å²) in [6.45, 7) is 2.28. The summed E-state index contributed by atoms with van der Waals surface area (Å²) < 4.78 is 5.49. The van der Waals surface area contributed by atoms with E-state index in [1.165, 1.54) is 0 Å². The first-order chi connectivity index (χ1) is 8.22. The fourth-order valence-electron chi connectivity index (χ4n) is 1.57. The van der Waals surface area contributed by atoms with Gasteiger partial charge in [0.05, 0.1) is 6.54 Å². The van der Waals surface area contributed by atoms with Crippen LogP contribution in [0.5, 0.6) is 0 Å². The summed E-state index contributed by atoms with van der Waals surface area (Å²) in [5.41, 5.74) is 2.24. The molecule has 98 valence electrons. The number of carbonyl (C=O) groups excluding carboxylic acids is 1. The first-order valence-corrected chi connectivity index (χ1v) is 5.57. The van der Waals surface area contributed by atoms with Crippen LogP contribution in [0, 0.1) is 0 Å². The summed E-state index contributed by atoms with van der Waals surface area (Å²) >= 11 is 0. The average Bonchev–Trinajstić information content (AvgIpc) is 2.71. The minimum atomic E-state index is -0.0777. The zero-order chi connectivity index (χ0) is 12.3. The van der Waals surface area contributed by atoms with Gasteiger partial charge in [-0.15, -0.1) is 12.4 Å². The third-order valence-electron chi connectivity index (χ3n) is 2.36. The number of halogens is 1. The molecule has 2 rings (SSSR count). The fourth-order valence-corrected chi connectivity index (χ4v) is 1.57. The van der Waals surface area contributed by atoms with Crippen molar-refractivity contribution in [3.63, 3.8) is 0 Å². The summed E-state index contributed by atoms with van der Waals surface area (Å²) in [6, 6.07) is 5.43. The highest BCUT2D eigenvalue weighted by atomic mass is 35.5. The summed E-state index contributed by atoms with van der Waals surface area (Å²) in [4.78, 5) is 15.7. The van der Waals surface area contributed by atoms with Crippen LogP contribution in [0.1, 0.15) is 12.8 Å². The molecule has 0 aliphatic heterocycles. The molecule has 0 saturated heterocycles. The summed E-state index contributed by atoms with van der Waals surface area (Å²) in [6.07, 6.45) is 0.760. The average molecular weight is 270 g/mol. The second kappa shape index (κ2) is 6.37. The van der Waals surface area contributed by atoms with E-state index in [4.69, 9.17) is 4.42 Å². The van der Waals surface area contributed by atoms with Gasteiger partial charge < -0.3 is 15.1 Å². The van der Waals surface area contributed by atoms with Crippen molar-refractivity contribution < 1.29 is 9.21 Å². The number of hydrogen-bond acceptors (Lipinski definition) is 4. The van der Waals surface area contributed by atoms with Gasteiger partial charge in [0.15, 0.2) is 11.5 Å². The molecule has 6 heteroatoms. The third kappa shape index (κ3) is 3.21. The quantitative estimate of drug-likeness (QED) is 0.891. The molecule has 0 bridgehead atoms. The van der Waals surface area contributed by atoms with Crippen LogP contribution in [-0.4, -0.2) is 24.5 Å². The summed E-state index contributed by atoms with van der Waals surface area (Å²) in [5, 5.41) is 5.57. The number of benzene rings is 1. The van der Waals surface area contributed by atoms with Crippen molar-refractivity contribution >= 4 is 35.1 Å². The number of nitrogens with one attached hydrogen (secondary N) is 2. The zero-order valence-electron chi connectivity index (χ0n) is 10.3. The Morgan fingerprint density at radius 1 is 1.44 bits per heavy atom. The number of rotatable bonds is 4. The van der Waals surface area contributed by atoms with Crippen LogP contribution in [0.2, 0.25) is 0 Å². The molecule has 0 radical (unpaired) electrons. The molecule has 0 saturated carbocycles. The van der Waals surface area contributed by atoms with E-state index >= 15 is 0 Å². The SMILES string of the molecule is CCc1nc2cc(NC(=O)CNC)ccc2o1.Cl.